The number of benzene rings is 2. The van der Waals surface area contributed by atoms with E-state index in [0.717, 1.165) is 17.8 Å². The zero-order valence-electron chi connectivity index (χ0n) is 18.1. The van der Waals surface area contributed by atoms with Crippen LogP contribution >= 0.6 is 11.7 Å². The van der Waals surface area contributed by atoms with Crippen molar-refractivity contribution < 1.29 is 28.5 Å². The third kappa shape index (κ3) is 3.66. The number of hydrogen-bond donors (Lipinski definition) is 1. The van der Waals surface area contributed by atoms with E-state index in [9.17, 15) is 14.3 Å². The summed E-state index contributed by atoms with van der Waals surface area (Å²) in [5, 5.41) is 11.7. The highest BCUT2D eigenvalue weighted by molar-refractivity contribution is 7.00. The summed E-state index contributed by atoms with van der Waals surface area (Å²) in [5.74, 6) is -3.26. The van der Waals surface area contributed by atoms with Gasteiger partial charge in [-0.2, -0.15) is 8.75 Å². The highest BCUT2D eigenvalue weighted by atomic mass is 32.1. The van der Waals surface area contributed by atoms with Crippen molar-refractivity contribution >= 4 is 34.3 Å². The molecule has 0 bridgehead atoms. The van der Waals surface area contributed by atoms with Crippen molar-refractivity contribution in [2.75, 3.05) is 14.2 Å². The van der Waals surface area contributed by atoms with Gasteiger partial charge in [0.1, 0.15) is 11.0 Å². The van der Waals surface area contributed by atoms with E-state index in [1.165, 1.54) is 26.4 Å². The van der Waals surface area contributed by atoms with Crippen LogP contribution in [0.2, 0.25) is 0 Å². The fourth-order valence-corrected chi connectivity index (χ4v) is 4.48. The zero-order chi connectivity index (χ0) is 23.9. The summed E-state index contributed by atoms with van der Waals surface area (Å²) >= 11 is 1.06. The van der Waals surface area contributed by atoms with Gasteiger partial charge in [0.2, 0.25) is 5.88 Å². The summed E-state index contributed by atoms with van der Waals surface area (Å²) in [6, 6.07) is 12.5. The topological polar surface area (TPSA) is 104 Å². The minimum absolute atomic E-state index is 0.00257. The number of aromatic nitrogens is 3. The van der Waals surface area contributed by atoms with Gasteiger partial charge in [-0.3, -0.25) is 0 Å². The minimum atomic E-state index is -2.20. The molecule has 2 aromatic carbocycles. The monoisotopic (exact) mass is 479 g/mol. The van der Waals surface area contributed by atoms with Gasteiger partial charge in [0.25, 0.3) is 5.79 Å². The first-order chi connectivity index (χ1) is 16.4. The molecule has 8 nitrogen and oxygen atoms in total. The number of halogens is 1. The molecule has 1 aliphatic rings. The zero-order valence-corrected chi connectivity index (χ0v) is 18.9. The lowest BCUT2D eigenvalue weighted by molar-refractivity contribution is -0.185. The van der Waals surface area contributed by atoms with Gasteiger partial charge in [-0.1, -0.05) is 6.07 Å². The molecule has 1 aliphatic heterocycles. The second-order valence-electron chi connectivity index (χ2n) is 7.59. The number of pyridine rings is 1. The largest absolute Gasteiger partial charge is 0.494 e. The van der Waals surface area contributed by atoms with Crippen molar-refractivity contribution in [2.45, 2.75) is 12.2 Å². The van der Waals surface area contributed by atoms with E-state index < -0.39 is 17.6 Å². The first-order valence-electron chi connectivity index (χ1n) is 10.2. The second kappa shape index (κ2) is 8.47. The number of carbonyl (C=O) groups is 1. The van der Waals surface area contributed by atoms with E-state index >= 15 is 0 Å². The molecule has 0 amide bonds. The molecule has 5 rings (SSSR count). The number of rotatable bonds is 6. The molecule has 0 spiro atoms. The van der Waals surface area contributed by atoms with E-state index in [1.807, 2.05) is 0 Å². The molecule has 0 saturated heterocycles. The van der Waals surface area contributed by atoms with Crippen LogP contribution in [-0.2, 0) is 21.7 Å². The van der Waals surface area contributed by atoms with Crippen LogP contribution in [-0.4, -0.2) is 39.0 Å². The van der Waals surface area contributed by atoms with Gasteiger partial charge in [-0.05, 0) is 47.5 Å². The van der Waals surface area contributed by atoms with Crippen LogP contribution in [0.3, 0.4) is 0 Å². The number of methoxy groups -OCH3 is 2. The maximum Gasteiger partial charge on any atom is 0.342 e. The highest BCUT2D eigenvalue weighted by Gasteiger charge is 2.48. The molecule has 3 heterocycles. The average Bonchev–Trinajstić information content (AvgIpc) is 3.41. The number of carbonyl (C=O) groups excluding carboxylic acids is 1. The maximum atomic E-state index is 14.6. The molecule has 4 aromatic rings. The lowest BCUT2D eigenvalue weighted by atomic mass is 9.88. The Morgan fingerprint density at radius 3 is 2.65 bits per heavy atom. The van der Waals surface area contributed by atoms with Gasteiger partial charge < -0.3 is 19.3 Å². The number of hydrogen-bond acceptors (Lipinski definition) is 9. The molecule has 172 valence electrons. The number of fused-ring (bicyclic) bond motifs is 1. The van der Waals surface area contributed by atoms with Crippen LogP contribution < -0.4 is 9.47 Å². The van der Waals surface area contributed by atoms with Crippen LogP contribution in [0.1, 0.15) is 16.7 Å². The van der Waals surface area contributed by atoms with Gasteiger partial charge in [0.05, 0.1) is 31.5 Å². The van der Waals surface area contributed by atoms with Crippen molar-refractivity contribution in [3.8, 4) is 11.6 Å². The molecule has 1 unspecified atom stereocenters. The van der Waals surface area contributed by atoms with E-state index in [1.54, 1.807) is 36.5 Å². The number of ether oxygens (including phenoxy) is 3. The average molecular weight is 479 g/mol. The van der Waals surface area contributed by atoms with Crippen molar-refractivity contribution in [2.24, 2.45) is 0 Å². The first-order valence-corrected chi connectivity index (χ1v) is 10.9. The van der Waals surface area contributed by atoms with Gasteiger partial charge in [0.15, 0.2) is 11.6 Å². The quantitative estimate of drug-likeness (QED) is 0.418. The van der Waals surface area contributed by atoms with Crippen LogP contribution in [0.25, 0.3) is 16.6 Å². The molecule has 10 heteroatoms. The Morgan fingerprint density at radius 2 is 1.88 bits per heavy atom. The van der Waals surface area contributed by atoms with E-state index in [4.69, 9.17) is 14.2 Å². The Labute approximate surface area is 197 Å². The third-order valence-corrected chi connectivity index (χ3v) is 6.19. The van der Waals surface area contributed by atoms with Crippen molar-refractivity contribution in [3.05, 3.63) is 82.8 Å². The molecule has 0 radical (unpaired) electrons. The molecule has 1 N–H and O–H groups in total. The number of cyclic esters (lactones) is 1. The molecule has 0 fully saturated rings. The highest BCUT2D eigenvalue weighted by Crippen LogP contribution is 2.45. The molecular formula is C24H18FN3O5S. The Kier molecular flexibility index (Phi) is 5.46. The lowest BCUT2D eigenvalue weighted by Gasteiger charge is -2.26. The summed E-state index contributed by atoms with van der Waals surface area (Å²) in [6.45, 7) is 0. The summed E-state index contributed by atoms with van der Waals surface area (Å²) in [5.41, 5.74) is 2.99. The summed E-state index contributed by atoms with van der Waals surface area (Å²) < 4.78 is 38.7. The SMILES string of the molecule is COc1cc(CC2=C(c3ccc4nsnc4c3)C(=O)OC2(O)c2ccc(OC)c(F)c2)ccn1. The number of aliphatic hydroxyl groups is 1. The van der Waals surface area contributed by atoms with Crippen molar-refractivity contribution in [1.29, 1.82) is 0 Å². The van der Waals surface area contributed by atoms with E-state index in [2.05, 4.69) is 13.7 Å². The Hall–Kier alpha value is -3.89. The normalized spacial score (nSPS) is 17.8. The maximum absolute atomic E-state index is 14.6. The van der Waals surface area contributed by atoms with Crippen LogP contribution in [0.15, 0.2) is 60.3 Å². The van der Waals surface area contributed by atoms with Crippen LogP contribution in [0.5, 0.6) is 11.6 Å². The molecule has 2 aromatic heterocycles. The van der Waals surface area contributed by atoms with Gasteiger partial charge in [0, 0.05) is 29.8 Å². The number of esters is 1. The van der Waals surface area contributed by atoms with Crippen LogP contribution in [0, 0.1) is 5.82 Å². The molecular weight excluding hydrogens is 461 g/mol. The van der Waals surface area contributed by atoms with Gasteiger partial charge in [-0.15, -0.1) is 0 Å². The van der Waals surface area contributed by atoms with Crippen molar-refractivity contribution in [1.82, 2.24) is 13.7 Å². The smallest absolute Gasteiger partial charge is 0.342 e. The summed E-state index contributed by atoms with van der Waals surface area (Å²) in [7, 11) is 2.83. The fourth-order valence-electron chi connectivity index (χ4n) is 3.96. The Bertz CT molecular complexity index is 1450. The molecule has 34 heavy (non-hydrogen) atoms. The second-order valence-corrected chi connectivity index (χ2v) is 8.12. The minimum Gasteiger partial charge on any atom is -0.494 e. The standard InChI is InChI=1S/C24H18FN3O5S/c1-31-20-6-4-15(12-17(20)25)24(30)16(9-13-7-8-26-21(10-13)32-2)22(23(29)33-24)14-3-5-18-19(11-14)28-34-27-18/h3-8,10-12,30H,9H2,1-2H3. The van der Waals surface area contributed by atoms with E-state index in [-0.39, 0.29) is 28.9 Å². The van der Waals surface area contributed by atoms with Gasteiger partial charge in [-0.25, -0.2) is 14.2 Å². The molecule has 0 saturated carbocycles. The predicted octanol–water partition coefficient (Wildman–Crippen LogP) is 3.64. The fraction of sp³-hybridized carbons (Fsp3) is 0.167. The van der Waals surface area contributed by atoms with E-state index in [0.29, 0.717) is 28.0 Å². The predicted molar refractivity (Wildman–Crippen MR) is 122 cm³/mol. The summed E-state index contributed by atoms with van der Waals surface area (Å²) in [6.07, 6.45) is 1.67. The van der Waals surface area contributed by atoms with Gasteiger partial charge >= 0.3 is 5.97 Å². The first kappa shape index (κ1) is 21.9. The lowest BCUT2D eigenvalue weighted by Crippen LogP contribution is -2.30. The molecule has 0 aliphatic carbocycles. The van der Waals surface area contributed by atoms with Crippen LogP contribution in [0.4, 0.5) is 4.39 Å². The number of nitrogens with zero attached hydrogens (tertiary/aromatic N) is 3. The van der Waals surface area contributed by atoms with Crippen molar-refractivity contribution in [3.63, 3.8) is 0 Å². The molecule has 1 atom stereocenters. The Morgan fingerprint density at radius 1 is 1.06 bits per heavy atom. The third-order valence-electron chi connectivity index (χ3n) is 5.63. The Balaban J connectivity index is 1.70. The summed E-state index contributed by atoms with van der Waals surface area (Å²) in [4.78, 5) is 17.2.